The van der Waals surface area contributed by atoms with Gasteiger partial charge in [0.05, 0.1) is 0 Å². The third-order valence-electron chi connectivity index (χ3n) is 3.71. The van der Waals surface area contributed by atoms with Gasteiger partial charge in [0.1, 0.15) is 6.61 Å². The molecule has 1 aromatic carbocycles. The van der Waals surface area contributed by atoms with Crippen LogP contribution >= 0.6 is 0 Å². The molecule has 2 atom stereocenters. The molecule has 1 fully saturated rings. The van der Waals surface area contributed by atoms with E-state index in [1.807, 2.05) is 12.1 Å². The molecular formula is C17H21NO2. The molecule has 3 nitrogen and oxygen atoms in total. The van der Waals surface area contributed by atoms with E-state index in [1.165, 1.54) is 12.8 Å². The van der Waals surface area contributed by atoms with E-state index in [9.17, 15) is 4.79 Å². The fraction of sp³-hybridized carbons (Fsp3) is 0.471. The van der Waals surface area contributed by atoms with Crippen LogP contribution in [0.1, 0.15) is 48.5 Å². The number of benzene rings is 1. The number of rotatable bonds is 2. The third-order valence-corrected chi connectivity index (χ3v) is 3.71. The van der Waals surface area contributed by atoms with E-state index in [0.29, 0.717) is 17.5 Å². The standard InChI is InChI=1S/C17H21NO2/c1-13-5-2-9-16(11-13)18-17(20)15-8-3-6-14(12-15)7-4-10-19/h3,6,8,12-13,16,19H,2,5,9-11H2,1H3,(H,18,20). The highest BCUT2D eigenvalue weighted by atomic mass is 16.2. The molecule has 2 N–H and O–H groups in total. The molecule has 20 heavy (non-hydrogen) atoms. The number of hydrogen-bond donors (Lipinski definition) is 2. The Balaban J connectivity index is 2.01. The molecule has 106 valence electrons. The van der Waals surface area contributed by atoms with Gasteiger partial charge in [-0.2, -0.15) is 0 Å². The van der Waals surface area contributed by atoms with E-state index in [0.717, 1.165) is 18.4 Å². The first-order valence-corrected chi connectivity index (χ1v) is 7.19. The molecule has 1 aromatic rings. The molecule has 2 rings (SSSR count). The number of hydrogen-bond acceptors (Lipinski definition) is 2. The van der Waals surface area contributed by atoms with E-state index in [2.05, 4.69) is 24.1 Å². The normalized spacial score (nSPS) is 21.7. The number of aliphatic hydroxyl groups excluding tert-OH is 1. The van der Waals surface area contributed by atoms with Gasteiger partial charge in [-0.1, -0.05) is 37.7 Å². The molecule has 3 heteroatoms. The SMILES string of the molecule is CC1CCCC(NC(=O)c2cccc(C#CCO)c2)C1. The van der Waals surface area contributed by atoms with Crippen LogP contribution < -0.4 is 5.32 Å². The first kappa shape index (κ1) is 14.6. The van der Waals surface area contributed by atoms with Crippen LogP contribution in [0.2, 0.25) is 0 Å². The summed E-state index contributed by atoms with van der Waals surface area (Å²) in [4.78, 5) is 12.2. The molecule has 1 aliphatic rings. The maximum Gasteiger partial charge on any atom is 0.251 e. The average molecular weight is 271 g/mol. The quantitative estimate of drug-likeness (QED) is 0.811. The summed E-state index contributed by atoms with van der Waals surface area (Å²) in [5, 5.41) is 11.8. The topological polar surface area (TPSA) is 49.3 Å². The molecule has 2 unspecified atom stereocenters. The predicted molar refractivity (Wildman–Crippen MR) is 79.3 cm³/mol. The monoisotopic (exact) mass is 271 g/mol. The highest BCUT2D eigenvalue weighted by Gasteiger charge is 2.20. The van der Waals surface area contributed by atoms with E-state index in [1.54, 1.807) is 12.1 Å². The molecular weight excluding hydrogens is 250 g/mol. The van der Waals surface area contributed by atoms with Gasteiger partial charge < -0.3 is 10.4 Å². The van der Waals surface area contributed by atoms with Crippen molar-refractivity contribution in [1.29, 1.82) is 0 Å². The van der Waals surface area contributed by atoms with Gasteiger partial charge in [-0.05, 0) is 37.0 Å². The van der Waals surface area contributed by atoms with Gasteiger partial charge in [0.25, 0.3) is 5.91 Å². The third kappa shape index (κ3) is 4.11. The Bertz CT molecular complexity index is 527. The van der Waals surface area contributed by atoms with Crippen molar-refractivity contribution in [3.8, 4) is 11.8 Å². The molecule has 1 aliphatic carbocycles. The molecule has 1 saturated carbocycles. The van der Waals surface area contributed by atoms with Crippen LogP contribution in [0, 0.1) is 17.8 Å². The molecule has 0 aliphatic heterocycles. The summed E-state index contributed by atoms with van der Waals surface area (Å²) in [5.41, 5.74) is 1.39. The maximum atomic E-state index is 12.2. The van der Waals surface area contributed by atoms with E-state index < -0.39 is 0 Å². The van der Waals surface area contributed by atoms with Gasteiger partial charge in [0, 0.05) is 17.2 Å². The average Bonchev–Trinajstić information content (AvgIpc) is 2.45. The van der Waals surface area contributed by atoms with Gasteiger partial charge in [-0.15, -0.1) is 0 Å². The van der Waals surface area contributed by atoms with Crippen molar-refractivity contribution in [1.82, 2.24) is 5.32 Å². The van der Waals surface area contributed by atoms with Crippen molar-refractivity contribution < 1.29 is 9.90 Å². The molecule has 0 saturated heterocycles. The lowest BCUT2D eigenvalue weighted by Gasteiger charge is -2.27. The zero-order valence-electron chi connectivity index (χ0n) is 11.9. The summed E-state index contributed by atoms with van der Waals surface area (Å²) in [7, 11) is 0. The Labute approximate surface area is 120 Å². The van der Waals surface area contributed by atoms with Crippen LogP contribution in [-0.4, -0.2) is 23.7 Å². The zero-order chi connectivity index (χ0) is 14.4. The first-order valence-electron chi connectivity index (χ1n) is 7.19. The van der Waals surface area contributed by atoms with E-state index in [4.69, 9.17) is 5.11 Å². The van der Waals surface area contributed by atoms with Crippen LogP contribution in [0.25, 0.3) is 0 Å². The summed E-state index contributed by atoms with van der Waals surface area (Å²) < 4.78 is 0. The van der Waals surface area contributed by atoms with Gasteiger partial charge in [-0.25, -0.2) is 0 Å². The Hall–Kier alpha value is -1.79. The Kier molecular flexibility index (Phi) is 5.20. The fourth-order valence-electron chi connectivity index (χ4n) is 2.71. The van der Waals surface area contributed by atoms with Crippen LogP contribution in [0.4, 0.5) is 0 Å². The highest BCUT2D eigenvalue weighted by Crippen LogP contribution is 2.23. The molecule has 0 heterocycles. The van der Waals surface area contributed by atoms with Gasteiger partial charge in [-0.3, -0.25) is 4.79 Å². The molecule has 0 spiro atoms. The minimum atomic E-state index is -0.170. The summed E-state index contributed by atoms with van der Waals surface area (Å²) >= 11 is 0. The number of nitrogens with one attached hydrogen (secondary N) is 1. The Morgan fingerprint density at radius 2 is 2.30 bits per heavy atom. The van der Waals surface area contributed by atoms with Crippen molar-refractivity contribution in [2.24, 2.45) is 5.92 Å². The van der Waals surface area contributed by atoms with Crippen molar-refractivity contribution in [3.05, 3.63) is 35.4 Å². The minimum absolute atomic E-state index is 0.0308. The first-order chi connectivity index (χ1) is 9.69. The minimum Gasteiger partial charge on any atom is -0.384 e. The lowest BCUT2D eigenvalue weighted by molar-refractivity contribution is 0.0921. The molecule has 0 radical (unpaired) electrons. The van der Waals surface area contributed by atoms with Crippen molar-refractivity contribution in [2.75, 3.05) is 6.61 Å². The predicted octanol–water partition coefficient (Wildman–Crippen LogP) is 2.34. The summed E-state index contributed by atoms with van der Waals surface area (Å²) in [6, 6.07) is 7.51. The molecule has 0 aromatic heterocycles. The van der Waals surface area contributed by atoms with Gasteiger partial charge >= 0.3 is 0 Å². The second-order valence-corrected chi connectivity index (χ2v) is 5.48. The van der Waals surface area contributed by atoms with Crippen LogP contribution in [0.3, 0.4) is 0 Å². The lowest BCUT2D eigenvalue weighted by Crippen LogP contribution is -2.37. The highest BCUT2D eigenvalue weighted by molar-refractivity contribution is 5.94. The second-order valence-electron chi connectivity index (χ2n) is 5.48. The maximum absolute atomic E-state index is 12.2. The van der Waals surface area contributed by atoms with Gasteiger partial charge in [0.15, 0.2) is 0 Å². The smallest absolute Gasteiger partial charge is 0.251 e. The second kappa shape index (κ2) is 7.12. The van der Waals surface area contributed by atoms with E-state index in [-0.39, 0.29) is 12.5 Å². The lowest BCUT2D eigenvalue weighted by atomic mass is 9.87. The van der Waals surface area contributed by atoms with Crippen LogP contribution in [-0.2, 0) is 0 Å². The molecule has 0 bridgehead atoms. The summed E-state index contributed by atoms with van der Waals surface area (Å²) in [6.45, 7) is 2.07. The van der Waals surface area contributed by atoms with Crippen LogP contribution in [0.5, 0.6) is 0 Å². The number of aliphatic hydroxyl groups is 1. The number of carbonyl (C=O) groups is 1. The number of amides is 1. The van der Waals surface area contributed by atoms with Crippen molar-refractivity contribution >= 4 is 5.91 Å². The van der Waals surface area contributed by atoms with Crippen molar-refractivity contribution in [2.45, 2.75) is 38.6 Å². The Morgan fingerprint density at radius 1 is 1.45 bits per heavy atom. The fourth-order valence-corrected chi connectivity index (χ4v) is 2.71. The van der Waals surface area contributed by atoms with Crippen molar-refractivity contribution in [3.63, 3.8) is 0 Å². The summed E-state index contributed by atoms with van der Waals surface area (Å²) in [5.74, 6) is 6.07. The summed E-state index contributed by atoms with van der Waals surface area (Å²) in [6.07, 6.45) is 4.59. The largest absolute Gasteiger partial charge is 0.384 e. The van der Waals surface area contributed by atoms with E-state index >= 15 is 0 Å². The Morgan fingerprint density at radius 3 is 3.05 bits per heavy atom. The van der Waals surface area contributed by atoms with Crippen LogP contribution in [0.15, 0.2) is 24.3 Å². The number of carbonyl (C=O) groups excluding carboxylic acids is 1. The zero-order valence-corrected chi connectivity index (χ0v) is 11.9. The van der Waals surface area contributed by atoms with Gasteiger partial charge in [0.2, 0.25) is 0 Å². The molecule has 1 amide bonds.